The lowest BCUT2D eigenvalue weighted by Crippen LogP contribution is -2.50. The van der Waals surface area contributed by atoms with Gasteiger partial charge in [-0.2, -0.15) is 0 Å². The van der Waals surface area contributed by atoms with Crippen LogP contribution in [0.5, 0.6) is 5.75 Å². The van der Waals surface area contributed by atoms with E-state index in [-0.39, 0.29) is 0 Å². The van der Waals surface area contributed by atoms with Gasteiger partial charge in [0, 0.05) is 38.1 Å². The number of amides is 1. The van der Waals surface area contributed by atoms with E-state index in [2.05, 4.69) is 9.88 Å². The molecule has 1 saturated heterocycles. The number of H-pyrrole nitrogens is 1. The summed E-state index contributed by atoms with van der Waals surface area (Å²) in [5, 5.41) is 0. The van der Waals surface area contributed by atoms with Crippen molar-refractivity contribution in [2.45, 2.75) is 0 Å². The monoisotopic (exact) mass is 313 g/mol. The zero-order valence-corrected chi connectivity index (χ0v) is 13.0. The summed E-state index contributed by atoms with van der Waals surface area (Å²) in [6, 6.07) is 11.2. The third-order valence-electron chi connectivity index (χ3n) is 4.04. The van der Waals surface area contributed by atoms with Crippen molar-refractivity contribution in [3.8, 4) is 5.75 Å². The lowest BCUT2D eigenvalue weighted by Gasteiger charge is -2.35. The van der Waals surface area contributed by atoms with Crippen molar-refractivity contribution in [1.29, 1.82) is 0 Å². The van der Waals surface area contributed by atoms with E-state index in [0.717, 1.165) is 11.4 Å². The number of benzene rings is 1. The van der Waals surface area contributed by atoms with Crippen LogP contribution in [0.4, 0.5) is 5.69 Å². The van der Waals surface area contributed by atoms with Crippen molar-refractivity contribution < 1.29 is 14.3 Å². The Balaban J connectivity index is 1.59. The van der Waals surface area contributed by atoms with Gasteiger partial charge in [-0.05, 0) is 36.4 Å². The van der Waals surface area contributed by atoms with Crippen LogP contribution in [0.2, 0.25) is 0 Å². The molecule has 6 nitrogen and oxygen atoms in total. The van der Waals surface area contributed by atoms with E-state index in [0.29, 0.717) is 31.9 Å². The number of hydrogen-bond acceptors (Lipinski definition) is 4. The van der Waals surface area contributed by atoms with Crippen LogP contribution in [-0.4, -0.2) is 54.9 Å². The zero-order valence-electron chi connectivity index (χ0n) is 13.0. The van der Waals surface area contributed by atoms with Gasteiger partial charge in [-0.15, -0.1) is 0 Å². The second-order valence-electron chi connectivity index (χ2n) is 5.39. The Labute approximate surface area is 134 Å². The van der Waals surface area contributed by atoms with Gasteiger partial charge in [0.05, 0.1) is 12.8 Å². The van der Waals surface area contributed by atoms with Gasteiger partial charge >= 0.3 is 0 Å². The number of anilines is 1. The summed E-state index contributed by atoms with van der Waals surface area (Å²) < 4.78 is 5.15. The Kier molecular flexibility index (Phi) is 4.32. The van der Waals surface area contributed by atoms with Gasteiger partial charge in [-0.1, -0.05) is 0 Å². The molecular formula is C17H19N3O3. The fourth-order valence-corrected chi connectivity index (χ4v) is 2.69. The smallest absolute Gasteiger partial charge is 0.296 e. The minimum Gasteiger partial charge on any atom is -0.497 e. The Morgan fingerprint density at radius 3 is 2.30 bits per heavy atom. The van der Waals surface area contributed by atoms with E-state index in [9.17, 15) is 9.59 Å². The number of hydrogen-bond donors (Lipinski definition) is 1. The molecule has 0 atom stereocenters. The molecule has 1 N–H and O–H groups in total. The fourth-order valence-electron chi connectivity index (χ4n) is 2.69. The molecule has 2 heterocycles. The summed E-state index contributed by atoms with van der Waals surface area (Å²) in [5.74, 6) is -0.103. The van der Waals surface area contributed by atoms with Crippen molar-refractivity contribution in [2.24, 2.45) is 0 Å². The number of nitrogens with one attached hydrogen (secondary N) is 1. The number of carbonyl (C=O) groups excluding carboxylic acids is 2. The molecular weight excluding hydrogens is 294 g/mol. The highest BCUT2D eigenvalue weighted by Crippen LogP contribution is 2.20. The Morgan fingerprint density at radius 1 is 1.04 bits per heavy atom. The van der Waals surface area contributed by atoms with Crippen molar-refractivity contribution in [3.63, 3.8) is 0 Å². The largest absolute Gasteiger partial charge is 0.497 e. The average Bonchev–Trinajstić information content (AvgIpc) is 3.15. The fraction of sp³-hybridized carbons (Fsp3) is 0.294. The van der Waals surface area contributed by atoms with Gasteiger partial charge in [0.15, 0.2) is 0 Å². The first-order valence-electron chi connectivity index (χ1n) is 7.55. The van der Waals surface area contributed by atoms with Crippen molar-refractivity contribution in [2.75, 3.05) is 38.2 Å². The van der Waals surface area contributed by atoms with Crippen LogP contribution in [-0.2, 0) is 4.79 Å². The number of aromatic amines is 1. The summed E-state index contributed by atoms with van der Waals surface area (Å²) in [4.78, 5) is 30.9. The molecule has 23 heavy (non-hydrogen) atoms. The topological polar surface area (TPSA) is 65.6 Å². The molecule has 1 amide bonds. The zero-order chi connectivity index (χ0) is 16.2. The molecule has 1 aromatic carbocycles. The second-order valence-corrected chi connectivity index (χ2v) is 5.39. The minimum atomic E-state index is -0.479. The van der Waals surface area contributed by atoms with E-state index < -0.39 is 11.7 Å². The molecule has 1 aromatic heterocycles. The first-order chi connectivity index (χ1) is 11.2. The summed E-state index contributed by atoms with van der Waals surface area (Å²) in [6.07, 6.45) is 1.64. The van der Waals surface area contributed by atoms with E-state index >= 15 is 0 Å². The van der Waals surface area contributed by atoms with Crippen molar-refractivity contribution >= 4 is 17.4 Å². The molecule has 1 aliphatic heterocycles. The standard InChI is InChI=1S/C17H19N3O3/c1-23-14-6-4-13(5-7-14)19-9-11-20(12-10-19)17(22)16(21)15-3-2-8-18-15/h2-8,18H,9-12H2,1H3. The van der Waals surface area contributed by atoms with E-state index in [1.807, 2.05) is 24.3 Å². The summed E-state index contributed by atoms with van der Waals surface area (Å²) in [5.41, 5.74) is 1.43. The van der Waals surface area contributed by atoms with Crippen LogP contribution < -0.4 is 9.64 Å². The number of ether oxygens (including phenoxy) is 1. The molecule has 0 spiro atoms. The third kappa shape index (κ3) is 3.21. The van der Waals surface area contributed by atoms with Crippen molar-refractivity contribution in [1.82, 2.24) is 9.88 Å². The first kappa shape index (κ1) is 15.1. The van der Waals surface area contributed by atoms with E-state index in [1.165, 1.54) is 0 Å². The molecule has 0 saturated carbocycles. The van der Waals surface area contributed by atoms with Gasteiger partial charge in [0.1, 0.15) is 5.75 Å². The maximum absolute atomic E-state index is 12.2. The number of aromatic nitrogens is 1. The number of Topliss-reactive ketones (excluding diaryl/α,β-unsaturated/α-hetero) is 1. The van der Waals surface area contributed by atoms with Gasteiger partial charge in [-0.3, -0.25) is 9.59 Å². The molecule has 120 valence electrons. The highest BCUT2D eigenvalue weighted by atomic mass is 16.5. The number of nitrogens with zero attached hydrogens (tertiary/aromatic N) is 2. The van der Waals surface area contributed by atoms with Gasteiger partial charge in [0.2, 0.25) is 0 Å². The molecule has 0 bridgehead atoms. The molecule has 1 fully saturated rings. The predicted octanol–water partition coefficient (Wildman–Crippen LogP) is 1.55. The summed E-state index contributed by atoms with van der Waals surface area (Å²) >= 11 is 0. The molecule has 6 heteroatoms. The maximum atomic E-state index is 12.2. The second kappa shape index (κ2) is 6.56. The molecule has 0 radical (unpaired) electrons. The third-order valence-corrected chi connectivity index (χ3v) is 4.04. The number of carbonyl (C=O) groups is 2. The summed E-state index contributed by atoms with van der Waals surface area (Å²) in [6.45, 7) is 2.49. The Morgan fingerprint density at radius 2 is 1.74 bits per heavy atom. The van der Waals surface area contributed by atoms with Crippen LogP contribution in [0.1, 0.15) is 10.5 Å². The first-order valence-corrected chi connectivity index (χ1v) is 7.55. The number of ketones is 1. The highest BCUT2D eigenvalue weighted by Gasteiger charge is 2.27. The average molecular weight is 313 g/mol. The minimum absolute atomic E-state index is 0.340. The van der Waals surface area contributed by atoms with Crippen LogP contribution in [0, 0.1) is 0 Å². The SMILES string of the molecule is COc1ccc(N2CCN(C(=O)C(=O)c3ccc[nH]3)CC2)cc1. The van der Waals surface area contributed by atoms with Gasteiger partial charge in [0.25, 0.3) is 11.7 Å². The van der Waals surface area contributed by atoms with E-state index in [4.69, 9.17) is 4.74 Å². The lowest BCUT2D eigenvalue weighted by atomic mass is 10.2. The van der Waals surface area contributed by atoms with Gasteiger partial charge in [-0.25, -0.2) is 0 Å². The predicted molar refractivity (Wildman–Crippen MR) is 86.9 cm³/mol. The number of piperazine rings is 1. The molecule has 0 aliphatic carbocycles. The maximum Gasteiger partial charge on any atom is 0.296 e. The Bertz CT molecular complexity index is 672. The lowest BCUT2D eigenvalue weighted by molar-refractivity contribution is -0.126. The van der Waals surface area contributed by atoms with Crippen LogP contribution in [0.25, 0.3) is 0 Å². The van der Waals surface area contributed by atoms with Crippen LogP contribution in [0.3, 0.4) is 0 Å². The molecule has 3 rings (SSSR count). The van der Waals surface area contributed by atoms with Gasteiger partial charge < -0.3 is 19.5 Å². The number of methoxy groups -OCH3 is 1. The Hall–Kier alpha value is -2.76. The molecule has 1 aliphatic rings. The van der Waals surface area contributed by atoms with Crippen LogP contribution in [0.15, 0.2) is 42.6 Å². The van der Waals surface area contributed by atoms with E-state index in [1.54, 1.807) is 30.3 Å². The van der Waals surface area contributed by atoms with Crippen molar-refractivity contribution in [3.05, 3.63) is 48.3 Å². The van der Waals surface area contributed by atoms with Crippen LogP contribution >= 0.6 is 0 Å². The highest BCUT2D eigenvalue weighted by molar-refractivity contribution is 6.42. The molecule has 0 unspecified atom stereocenters. The normalized spacial score (nSPS) is 14.7. The molecule has 2 aromatic rings. The number of rotatable bonds is 4. The quantitative estimate of drug-likeness (QED) is 0.687. The summed E-state index contributed by atoms with van der Waals surface area (Å²) in [7, 11) is 1.64.